The molecule has 0 unspecified atom stereocenters. The Labute approximate surface area is 111 Å². The number of rotatable bonds is 4. The van der Waals surface area contributed by atoms with E-state index in [1.165, 1.54) is 26.2 Å². The van der Waals surface area contributed by atoms with Crippen LogP contribution in [0.15, 0.2) is 16.9 Å². The molecule has 2 rings (SSSR count). The first-order valence-electron chi connectivity index (χ1n) is 6.95. The third-order valence-electron chi connectivity index (χ3n) is 3.70. The van der Waals surface area contributed by atoms with Crippen LogP contribution in [0.3, 0.4) is 0 Å². The first-order chi connectivity index (χ1) is 8.55. The molecule has 0 bridgehead atoms. The fraction of sp³-hybridized carbons (Fsp3) is 0.786. The van der Waals surface area contributed by atoms with E-state index in [4.69, 9.17) is 0 Å². The van der Waals surface area contributed by atoms with Crippen LogP contribution in [0.1, 0.15) is 20.3 Å². The number of aliphatic imine (C=N–C) groups is 1. The molecule has 2 aliphatic heterocycles. The average Bonchev–Trinajstić information content (AvgIpc) is 2.34. The van der Waals surface area contributed by atoms with Crippen molar-refractivity contribution in [1.82, 2.24) is 15.1 Å². The summed E-state index contributed by atoms with van der Waals surface area (Å²) in [6, 6.07) is 0. The Kier molecular flexibility index (Phi) is 4.40. The van der Waals surface area contributed by atoms with Gasteiger partial charge in [-0.05, 0) is 19.5 Å². The predicted molar refractivity (Wildman–Crippen MR) is 76.9 cm³/mol. The number of likely N-dealkylation sites (N-methyl/N-ethyl adjacent to an activating group) is 1. The van der Waals surface area contributed by atoms with Crippen LogP contribution in [0.5, 0.6) is 0 Å². The lowest BCUT2D eigenvalue weighted by Crippen LogP contribution is -2.46. The molecular weight excluding hydrogens is 224 g/mol. The molecule has 0 spiro atoms. The maximum absolute atomic E-state index is 4.48. The Hall–Kier alpha value is -0.870. The van der Waals surface area contributed by atoms with Gasteiger partial charge in [-0.3, -0.25) is 4.90 Å². The SMILES string of the molecule is CN1CCN(CCNC2=CCC(C)(C)C=N2)CC1. The molecule has 4 heteroatoms. The number of allylic oxidation sites excluding steroid dienone is 1. The number of hydrogen-bond donors (Lipinski definition) is 1. The minimum Gasteiger partial charge on any atom is -0.369 e. The third-order valence-corrected chi connectivity index (χ3v) is 3.70. The molecule has 0 amide bonds. The maximum Gasteiger partial charge on any atom is 0.121 e. The lowest BCUT2D eigenvalue weighted by atomic mass is 9.89. The van der Waals surface area contributed by atoms with Gasteiger partial charge in [0.15, 0.2) is 0 Å². The summed E-state index contributed by atoms with van der Waals surface area (Å²) >= 11 is 0. The molecule has 0 saturated carbocycles. The fourth-order valence-electron chi connectivity index (χ4n) is 2.24. The second-order valence-electron chi connectivity index (χ2n) is 6.11. The van der Waals surface area contributed by atoms with E-state index in [-0.39, 0.29) is 5.41 Å². The average molecular weight is 250 g/mol. The fourth-order valence-corrected chi connectivity index (χ4v) is 2.24. The van der Waals surface area contributed by atoms with Crippen LogP contribution in [-0.2, 0) is 0 Å². The molecule has 2 aliphatic rings. The first-order valence-corrected chi connectivity index (χ1v) is 6.95. The highest BCUT2D eigenvalue weighted by Crippen LogP contribution is 2.22. The van der Waals surface area contributed by atoms with E-state index < -0.39 is 0 Å². The molecule has 2 heterocycles. The number of nitrogens with one attached hydrogen (secondary N) is 1. The van der Waals surface area contributed by atoms with Gasteiger partial charge in [0.2, 0.25) is 0 Å². The van der Waals surface area contributed by atoms with E-state index in [1.807, 2.05) is 0 Å². The van der Waals surface area contributed by atoms with E-state index in [9.17, 15) is 0 Å². The van der Waals surface area contributed by atoms with Crippen LogP contribution >= 0.6 is 0 Å². The largest absolute Gasteiger partial charge is 0.369 e. The van der Waals surface area contributed by atoms with Crippen molar-refractivity contribution in [3.63, 3.8) is 0 Å². The van der Waals surface area contributed by atoms with Gasteiger partial charge >= 0.3 is 0 Å². The van der Waals surface area contributed by atoms with Crippen LogP contribution in [0.2, 0.25) is 0 Å². The molecule has 1 fully saturated rings. The Morgan fingerprint density at radius 1 is 1.28 bits per heavy atom. The second kappa shape index (κ2) is 5.85. The van der Waals surface area contributed by atoms with E-state index in [1.54, 1.807) is 0 Å². The lowest BCUT2D eigenvalue weighted by Gasteiger charge is -2.32. The summed E-state index contributed by atoms with van der Waals surface area (Å²) in [5.74, 6) is 1.04. The second-order valence-corrected chi connectivity index (χ2v) is 6.11. The third kappa shape index (κ3) is 4.10. The lowest BCUT2D eigenvalue weighted by molar-refractivity contribution is 0.155. The first kappa shape index (κ1) is 13.6. The van der Waals surface area contributed by atoms with Crippen LogP contribution in [0, 0.1) is 5.41 Å². The summed E-state index contributed by atoms with van der Waals surface area (Å²) in [7, 11) is 2.19. The van der Waals surface area contributed by atoms with Gasteiger partial charge in [-0.1, -0.05) is 13.8 Å². The van der Waals surface area contributed by atoms with Gasteiger partial charge in [0.1, 0.15) is 5.82 Å². The molecule has 4 nitrogen and oxygen atoms in total. The molecule has 1 N–H and O–H groups in total. The smallest absolute Gasteiger partial charge is 0.121 e. The van der Waals surface area contributed by atoms with Gasteiger partial charge in [-0.2, -0.15) is 0 Å². The van der Waals surface area contributed by atoms with Crippen LogP contribution in [0.4, 0.5) is 0 Å². The minimum atomic E-state index is 0.225. The molecule has 1 saturated heterocycles. The zero-order valence-electron chi connectivity index (χ0n) is 11.9. The molecule has 0 radical (unpaired) electrons. The minimum absolute atomic E-state index is 0.225. The van der Waals surface area contributed by atoms with Crippen molar-refractivity contribution in [2.45, 2.75) is 20.3 Å². The standard InChI is InChI=1S/C14H26N4/c1-14(2)5-4-13(16-12-14)15-6-7-18-10-8-17(3)9-11-18/h4,12,15H,5-11H2,1-3H3. The molecule has 0 aromatic rings. The Balaban J connectivity index is 1.64. The molecule has 0 aromatic heterocycles. The Morgan fingerprint density at radius 3 is 2.61 bits per heavy atom. The van der Waals surface area contributed by atoms with Crippen LogP contribution in [-0.4, -0.2) is 62.3 Å². The van der Waals surface area contributed by atoms with E-state index in [2.05, 4.69) is 53.3 Å². The van der Waals surface area contributed by atoms with Crippen molar-refractivity contribution in [1.29, 1.82) is 0 Å². The zero-order valence-corrected chi connectivity index (χ0v) is 11.9. The van der Waals surface area contributed by atoms with Crippen molar-refractivity contribution >= 4 is 6.21 Å². The van der Waals surface area contributed by atoms with E-state index in [0.717, 1.165) is 25.3 Å². The number of nitrogens with zero attached hydrogens (tertiary/aromatic N) is 3. The van der Waals surface area contributed by atoms with Gasteiger partial charge in [-0.25, -0.2) is 4.99 Å². The van der Waals surface area contributed by atoms with Crippen molar-refractivity contribution in [3.8, 4) is 0 Å². The highest BCUT2D eigenvalue weighted by atomic mass is 15.2. The van der Waals surface area contributed by atoms with Crippen LogP contribution in [0.25, 0.3) is 0 Å². The number of piperazine rings is 1. The van der Waals surface area contributed by atoms with Gasteiger partial charge in [-0.15, -0.1) is 0 Å². The molecule has 18 heavy (non-hydrogen) atoms. The van der Waals surface area contributed by atoms with Crippen molar-refractivity contribution < 1.29 is 0 Å². The Bertz CT molecular complexity index is 325. The summed E-state index contributed by atoms with van der Waals surface area (Å²) in [6.07, 6.45) is 5.35. The molecule has 102 valence electrons. The van der Waals surface area contributed by atoms with E-state index >= 15 is 0 Å². The van der Waals surface area contributed by atoms with Crippen molar-refractivity contribution in [2.75, 3.05) is 46.3 Å². The summed E-state index contributed by atoms with van der Waals surface area (Å²) in [5, 5.41) is 3.43. The predicted octanol–water partition coefficient (Wildman–Crippen LogP) is 1.17. The molecule has 0 atom stereocenters. The maximum atomic E-state index is 4.48. The highest BCUT2D eigenvalue weighted by Gasteiger charge is 2.17. The zero-order chi connectivity index (χ0) is 13.0. The van der Waals surface area contributed by atoms with Crippen molar-refractivity contribution in [2.24, 2.45) is 10.4 Å². The van der Waals surface area contributed by atoms with Gasteiger partial charge in [0.25, 0.3) is 0 Å². The summed E-state index contributed by atoms with van der Waals surface area (Å²) < 4.78 is 0. The molecule has 0 aromatic carbocycles. The van der Waals surface area contributed by atoms with Crippen molar-refractivity contribution in [3.05, 3.63) is 11.9 Å². The van der Waals surface area contributed by atoms with Gasteiger partial charge < -0.3 is 10.2 Å². The summed E-state index contributed by atoms with van der Waals surface area (Å²) in [6.45, 7) is 11.3. The van der Waals surface area contributed by atoms with E-state index in [0.29, 0.717) is 0 Å². The quantitative estimate of drug-likeness (QED) is 0.812. The highest BCUT2D eigenvalue weighted by molar-refractivity contribution is 5.67. The van der Waals surface area contributed by atoms with Crippen LogP contribution < -0.4 is 5.32 Å². The van der Waals surface area contributed by atoms with Gasteiger partial charge in [0.05, 0.1) is 0 Å². The normalized spacial score (nSPS) is 24.9. The number of hydrogen-bond acceptors (Lipinski definition) is 4. The molecular formula is C14H26N4. The molecule has 0 aliphatic carbocycles. The summed E-state index contributed by atoms with van der Waals surface area (Å²) in [4.78, 5) is 9.38. The summed E-state index contributed by atoms with van der Waals surface area (Å²) in [5.41, 5.74) is 0.225. The van der Waals surface area contributed by atoms with Gasteiger partial charge in [0, 0.05) is 50.9 Å². The topological polar surface area (TPSA) is 30.9 Å². The monoisotopic (exact) mass is 250 g/mol. The Morgan fingerprint density at radius 2 is 2.00 bits per heavy atom.